The van der Waals surface area contributed by atoms with Gasteiger partial charge in [0.2, 0.25) is 5.78 Å². The average molecular weight is 287 g/mol. The van der Waals surface area contributed by atoms with E-state index in [-0.39, 0.29) is 5.78 Å². The van der Waals surface area contributed by atoms with Crippen LogP contribution in [0.3, 0.4) is 0 Å². The molecule has 0 aliphatic carbocycles. The molecule has 0 unspecified atom stereocenters. The summed E-state index contributed by atoms with van der Waals surface area (Å²) < 4.78 is 0. The molecule has 0 aromatic heterocycles. The van der Waals surface area contributed by atoms with E-state index in [1.165, 1.54) is 11.8 Å². The van der Waals surface area contributed by atoms with E-state index in [1.807, 2.05) is 55.5 Å². The quantitative estimate of drug-likeness (QED) is 0.688. The molecule has 0 saturated carbocycles. The van der Waals surface area contributed by atoms with E-state index in [9.17, 15) is 4.79 Å². The Bertz CT molecular complexity index is 686. The summed E-state index contributed by atoms with van der Waals surface area (Å²) in [6.07, 6.45) is 1.92. The van der Waals surface area contributed by atoms with Crippen molar-refractivity contribution in [1.82, 2.24) is 0 Å². The summed E-state index contributed by atoms with van der Waals surface area (Å²) in [4.78, 5) is 14.1. The van der Waals surface area contributed by atoms with E-state index in [0.717, 1.165) is 26.5 Å². The summed E-state index contributed by atoms with van der Waals surface area (Å²) >= 11 is 7.39. The van der Waals surface area contributed by atoms with Crippen molar-refractivity contribution < 1.29 is 4.79 Å². The van der Waals surface area contributed by atoms with E-state index in [4.69, 9.17) is 11.6 Å². The minimum absolute atomic E-state index is 0.110. The van der Waals surface area contributed by atoms with E-state index in [2.05, 4.69) is 0 Å². The van der Waals surface area contributed by atoms with Gasteiger partial charge in [0, 0.05) is 15.5 Å². The number of benzene rings is 2. The number of carbonyl (C=O) groups excluding carboxylic acids is 1. The number of halogens is 1. The maximum Gasteiger partial charge on any atom is 0.200 e. The second-order valence-electron chi connectivity index (χ2n) is 4.49. The molecule has 3 rings (SSSR count). The number of rotatable bonds is 1. The largest absolute Gasteiger partial charge is 0.288 e. The van der Waals surface area contributed by atoms with Gasteiger partial charge in [0.05, 0.1) is 4.91 Å². The third-order valence-electron chi connectivity index (χ3n) is 2.99. The fraction of sp³-hybridized carbons (Fsp3) is 0.0625. The van der Waals surface area contributed by atoms with Crippen LogP contribution >= 0.6 is 23.4 Å². The van der Waals surface area contributed by atoms with Crippen molar-refractivity contribution in [3.8, 4) is 0 Å². The molecular weight excluding hydrogens is 276 g/mol. The highest BCUT2D eigenvalue weighted by molar-refractivity contribution is 8.04. The lowest BCUT2D eigenvalue weighted by molar-refractivity contribution is 0.104. The highest BCUT2D eigenvalue weighted by Crippen LogP contribution is 2.41. The van der Waals surface area contributed by atoms with Crippen molar-refractivity contribution in [2.45, 2.75) is 11.8 Å². The predicted molar refractivity (Wildman–Crippen MR) is 80.8 cm³/mol. The molecule has 0 amide bonds. The minimum Gasteiger partial charge on any atom is -0.288 e. The first-order chi connectivity index (χ1) is 9.13. The molecule has 0 saturated heterocycles. The van der Waals surface area contributed by atoms with Gasteiger partial charge in [-0.3, -0.25) is 4.79 Å². The Kier molecular flexibility index (Phi) is 3.21. The van der Waals surface area contributed by atoms with Crippen molar-refractivity contribution in [3.05, 3.63) is 69.1 Å². The Morgan fingerprint density at radius 2 is 1.84 bits per heavy atom. The van der Waals surface area contributed by atoms with Gasteiger partial charge in [0.1, 0.15) is 0 Å². The van der Waals surface area contributed by atoms with Crippen molar-refractivity contribution >= 4 is 35.2 Å². The topological polar surface area (TPSA) is 17.1 Å². The third kappa shape index (κ3) is 2.46. The molecule has 2 aromatic carbocycles. The van der Waals surface area contributed by atoms with Crippen molar-refractivity contribution in [3.63, 3.8) is 0 Å². The first-order valence-electron chi connectivity index (χ1n) is 5.94. The second-order valence-corrected chi connectivity index (χ2v) is 6.01. The molecule has 1 aliphatic heterocycles. The monoisotopic (exact) mass is 286 g/mol. The van der Waals surface area contributed by atoms with Crippen LogP contribution < -0.4 is 0 Å². The van der Waals surface area contributed by atoms with Crippen molar-refractivity contribution in [2.75, 3.05) is 0 Å². The normalized spacial score (nSPS) is 15.9. The summed E-state index contributed by atoms with van der Waals surface area (Å²) in [6.45, 7) is 2.00. The van der Waals surface area contributed by atoms with Gasteiger partial charge in [0.15, 0.2) is 0 Å². The van der Waals surface area contributed by atoms with Crippen LogP contribution in [0.4, 0.5) is 0 Å². The lowest BCUT2D eigenvalue weighted by Gasteiger charge is -1.96. The van der Waals surface area contributed by atoms with Crippen LogP contribution in [-0.2, 0) is 0 Å². The van der Waals surface area contributed by atoms with Gasteiger partial charge in [-0.2, -0.15) is 0 Å². The molecule has 19 heavy (non-hydrogen) atoms. The van der Waals surface area contributed by atoms with E-state index >= 15 is 0 Å². The Balaban J connectivity index is 1.97. The van der Waals surface area contributed by atoms with Crippen molar-refractivity contribution in [1.29, 1.82) is 0 Å². The standard InChI is InChI=1S/C16H11ClOS/c1-10-2-7-14-13(8-10)16(18)15(19-14)9-11-3-5-12(17)6-4-11/h2-9H,1H3/b15-9+. The second kappa shape index (κ2) is 4.87. The maximum atomic E-state index is 12.3. The van der Waals surface area contributed by atoms with Gasteiger partial charge in [0.25, 0.3) is 0 Å². The molecule has 3 heteroatoms. The van der Waals surface area contributed by atoms with E-state index in [1.54, 1.807) is 0 Å². The number of allylic oxidation sites excluding steroid dienone is 1. The molecular formula is C16H11ClOS. The fourth-order valence-electron chi connectivity index (χ4n) is 2.01. The lowest BCUT2D eigenvalue weighted by Crippen LogP contribution is -1.94. The Labute approximate surface area is 121 Å². The molecule has 2 aromatic rings. The van der Waals surface area contributed by atoms with Gasteiger partial charge >= 0.3 is 0 Å². The summed E-state index contributed by atoms with van der Waals surface area (Å²) in [7, 11) is 0. The molecule has 0 atom stereocenters. The Morgan fingerprint density at radius 3 is 2.58 bits per heavy atom. The maximum absolute atomic E-state index is 12.3. The minimum atomic E-state index is 0.110. The van der Waals surface area contributed by atoms with Crippen LogP contribution in [0.25, 0.3) is 6.08 Å². The first kappa shape index (κ1) is 12.5. The zero-order chi connectivity index (χ0) is 13.4. The fourth-order valence-corrected chi connectivity index (χ4v) is 3.17. The zero-order valence-corrected chi connectivity index (χ0v) is 11.9. The molecule has 1 heterocycles. The lowest BCUT2D eigenvalue weighted by atomic mass is 10.1. The van der Waals surface area contributed by atoms with Crippen LogP contribution in [0.2, 0.25) is 5.02 Å². The molecule has 0 radical (unpaired) electrons. The van der Waals surface area contributed by atoms with Gasteiger partial charge in [-0.1, -0.05) is 47.1 Å². The highest BCUT2D eigenvalue weighted by atomic mass is 35.5. The van der Waals surface area contributed by atoms with E-state index in [0.29, 0.717) is 5.02 Å². The Morgan fingerprint density at radius 1 is 1.11 bits per heavy atom. The summed E-state index contributed by atoms with van der Waals surface area (Å²) in [6, 6.07) is 13.5. The number of fused-ring (bicyclic) bond motifs is 1. The van der Waals surface area contributed by atoms with Gasteiger partial charge in [-0.15, -0.1) is 0 Å². The van der Waals surface area contributed by atoms with Gasteiger partial charge in [-0.25, -0.2) is 0 Å². The van der Waals surface area contributed by atoms with Crippen LogP contribution in [0.5, 0.6) is 0 Å². The molecule has 1 aliphatic rings. The molecule has 0 spiro atoms. The number of hydrogen-bond donors (Lipinski definition) is 0. The number of ketones is 1. The molecule has 1 nitrogen and oxygen atoms in total. The SMILES string of the molecule is Cc1ccc2c(c1)C(=O)/C(=C\c1ccc(Cl)cc1)S2. The Hall–Kier alpha value is -1.51. The van der Waals surface area contributed by atoms with Crippen LogP contribution in [-0.4, -0.2) is 5.78 Å². The number of aryl methyl sites for hydroxylation is 1. The van der Waals surface area contributed by atoms with Gasteiger partial charge in [-0.05, 0) is 42.8 Å². The third-order valence-corrected chi connectivity index (χ3v) is 4.34. The van der Waals surface area contributed by atoms with Crippen molar-refractivity contribution in [2.24, 2.45) is 0 Å². The van der Waals surface area contributed by atoms with Gasteiger partial charge < -0.3 is 0 Å². The number of Topliss-reactive ketones (excluding diaryl/α,β-unsaturated/α-hetero) is 1. The highest BCUT2D eigenvalue weighted by Gasteiger charge is 2.25. The molecule has 0 N–H and O–H groups in total. The van der Waals surface area contributed by atoms with Crippen LogP contribution in [0.15, 0.2) is 52.3 Å². The number of thioether (sulfide) groups is 1. The molecule has 0 bridgehead atoms. The number of hydrogen-bond acceptors (Lipinski definition) is 2. The van der Waals surface area contributed by atoms with E-state index < -0.39 is 0 Å². The summed E-state index contributed by atoms with van der Waals surface area (Å²) in [5.74, 6) is 0.110. The molecule has 0 fully saturated rings. The molecule has 94 valence electrons. The zero-order valence-electron chi connectivity index (χ0n) is 10.3. The smallest absolute Gasteiger partial charge is 0.200 e. The number of carbonyl (C=O) groups is 1. The first-order valence-corrected chi connectivity index (χ1v) is 7.13. The van der Waals surface area contributed by atoms with Crippen LogP contribution in [0, 0.1) is 6.92 Å². The van der Waals surface area contributed by atoms with Crippen LogP contribution in [0.1, 0.15) is 21.5 Å². The summed E-state index contributed by atoms with van der Waals surface area (Å²) in [5.41, 5.74) is 2.91. The summed E-state index contributed by atoms with van der Waals surface area (Å²) in [5, 5.41) is 0.700. The predicted octanol–water partition coefficient (Wildman–Crippen LogP) is 4.98. The average Bonchev–Trinajstić information content (AvgIpc) is 2.70.